The van der Waals surface area contributed by atoms with Crippen LogP contribution in [0.3, 0.4) is 0 Å². The van der Waals surface area contributed by atoms with Gasteiger partial charge in [0.2, 0.25) is 10.0 Å². The van der Waals surface area contributed by atoms with Crippen molar-refractivity contribution in [2.24, 2.45) is 15.2 Å². The van der Waals surface area contributed by atoms with Crippen LogP contribution < -0.4 is 9.47 Å². The van der Waals surface area contributed by atoms with E-state index in [9.17, 15) is 13.2 Å². The monoisotopic (exact) mass is 837 g/mol. The zero-order valence-electron chi connectivity index (χ0n) is 28.5. The maximum Gasteiger partial charge on any atom is 0.410 e. The predicted octanol–water partition coefficient (Wildman–Crippen LogP) is 6.04. The summed E-state index contributed by atoms with van der Waals surface area (Å²) in [7, 11) is -5.79. The lowest BCUT2D eigenvalue weighted by Gasteiger charge is -2.33. The van der Waals surface area contributed by atoms with Crippen molar-refractivity contribution in [2.75, 3.05) is 34.0 Å². The molecule has 0 saturated carbocycles. The topological polar surface area (TPSA) is 157 Å². The summed E-state index contributed by atoms with van der Waals surface area (Å²) in [5, 5.41) is 7.09. The maximum atomic E-state index is 15.2. The van der Waals surface area contributed by atoms with Crippen LogP contribution in [-0.2, 0) is 37.7 Å². The van der Waals surface area contributed by atoms with Gasteiger partial charge in [-0.25, -0.2) is 26.6 Å². The Labute approximate surface area is 306 Å². The lowest BCUT2D eigenvalue weighted by Crippen LogP contribution is -2.45. The number of rotatable bonds is 11. The first kappa shape index (κ1) is 37.6. The number of aliphatic imine (C=N–C) groups is 1. The normalized spacial score (nSPS) is 15.7. The number of amidine groups is 1. The molecule has 1 fully saturated rings. The molecule has 50 heavy (non-hydrogen) atoms. The summed E-state index contributed by atoms with van der Waals surface area (Å²) in [5.41, 5.74) is 0.692. The number of piperidine rings is 1. The number of halogens is 1. The summed E-state index contributed by atoms with van der Waals surface area (Å²) in [6.07, 6.45) is -0.319. The molecule has 0 radical (unpaired) electrons. The van der Waals surface area contributed by atoms with E-state index >= 15 is 8.42 Å². The van der Waals surface area contributed by atoms with Crippen LogP contribution in [0.15, 0.2) is 85.7 Å². The minimum Gasteiger partial charge on any atom is -0.497 e. The van der Waals surface area contributed by atoms with Gasteiger partial charge in [-0.1, -0.05) is 24.3 Å². The summed E-state index contributed by atoms with van der Waals surface area (Å²) >= 11 is 1.98. The van der Waals surface area contributed by atoms with Gasteiger partial charge in [-0.15, -0.1) is 5.11 Å². The third-order valence-corrected chi connectivity index (χ3v) is 13.4. The number of amides is 1. The van der Waals surface area contributed by atoms with Crippen molar-refractivity contribution in [2.45, 2.75) is 67.3 Å². The van der Waals surface area contributed by atoms with E-state index in [0.29, 0.717) is 26.2 Å². The molecule has 13 nitrogen and oxygen atoms in total. The van der Waals surface area contributed by atoms with Gasteiger partial charge in [0.1, 0.15) is 22.0 Å². The van der Waals surface area contributed by atoms with E-state index in [-0.39, 0.29) is 62.0 Å². The molecule has 1 amide bonds. The molecule has 2 heterocycles. The van der Waals surface area contributed by atoms with Crippen LogP contribution in [-0.4, -0.2) is 82.8 Å². The van der Waals surface area contributed by atoms with Crippen molar-refractivity contribution in [3.05, 3.63) is 80.9 Å². The Morgan fingerprint density at radius 2 is 1.42 bits per heavy atom. The van der Waals surface area contributed by atoms with Crippen LogP contribution in [0, 0.1) is 3.57 Å². The second kappa shape index (κ2) is 15.3. The molecule has 0 unspecified atom stereocenters. The number of hydrogen-bond acceptors (Lipinski definition) is 11. The molecule has 268 valence electrons. The number of hydrogen-bond donors (Lipinski definition) is 0. The molecule has 0 bridgehead atoms. The average molecular weight is 838 g/mol. The number of likely N-dealkylation sites (tertiary alicyclic amines) is 1. The minimum atomic E-state index is -4.60. The van der Waals surface area contributed by atoms with E-state index in [2.05, 4.69) is 15.2 Å². The van der Waals surface area contributed by atoms with Crippen LogP contribution in [0.5, 0.6) is 11.5 Å². The van der Waals surface area contributed by atoms with Crippen molar-refractivity contribution in [1.82, 2.24) is 9.21 Å². The fourth-order valence-electron chi connectivity index (χ4n) is 5.66. The molecule has 2 aliphatic rings. The van der Waals surface area contributed by atoms with Gasteiger partial charge >= 0.3 is 6.09 Å². The summed E-state index contributed by atoms with van der Waals surface area (Å²) in [6, 6.07) is 16.9. The van der Waals surface area contributed by atoms with Gasteiger partial charge in [0.25, 0.3) is 0 Å². The van der Waals surface area contributed by atoms with Gasteiger partial charge in [0, 0.05) is 29.7 Å². The standard InChI is InChI=1S/C34H40IN5O8S2/c1-34(2,3)48-33(41)39-18-16-27(17-19-39)49(42,43)29-15-14-28(35)30(32-36-22-37-38-32)31(29)50(44,45)40(20-23-6-10-25(46-4)11-7-23)21-24-8-12-26(47-5)13-9-24/h6-15,27H,16-22H2,1-5H3. The zero-order valence-corrected chi connectivity index (χ0v) is 32.3. The Morgan fingerprint density at radius 3 is 1.88 bits per heavy atom. The minimum absolute atomic E-state index is 0.00753. The second-order valence-corrected chi connectivity index (χ2v) is 18.0. The number of sulfonamides is 1. The Bertz CT molecular complexity index is 1940. The van der Waals surface area contributed by atoms with Gasteiger partial charge in [0.15, 0.2) is 22.3 Å². The number of sulfone groups is 1. The van der Waals surface area contributed by atoms with Crippen molar-refractivity contribution in [1.29, 1.82) is 0 Å². The van der Waals surface area contributed by atoms with Gasteiger partial charge in [0.05, 0.1) is 29.9 Å². The molecule has 0 spiro atoms. The van der Waals surface area contributed by atoms with Crippen LogP contribution >= 0.6 is 22.6 Å². The fraction of sp³-hybridized carbons (Fsp3) is 0.412. The lowest BCUT2D eigenvalue weighted by molar-refractivity contribution is 0.0217. The Hall–Kier alpha value is -3.61. The number of carbonyl (C=O) groups excluding carboxylic acids is 1. The zero-order chi connectivity index (χ0) is 36.3. The summed E-state index contributed by atoms with van der Waals surface area (Å²) in [4.78, 5) is 17.8. The summed E-state index contributed by atoms with van der Waals surface area (Å²) in [6.45, 7) is 5.40. The molecule has 0 N–H and O–H groups in total. The Kier molecular flexibility index (Phi) is 11.5. The molecule has 0 aromatic heterocycles. The fourth-order valence-corrected chi connectivity index (χ4v) is 10.7. The van der Waals surface area contributed by atoms with Crippen LogP contribution in [0.25, 0.3) is 0 Å². The number of methoxy groups -OCH3 is 2. The van der Waals surface area contributed by atoms with Gasteiger partial charge in [-0.2, -0.15) is 9.42 Å². The van der Waals surface area contributed by atoms with Gasteiger partial charge in [-0.05, 0) is 104 Å². The molecule has 1 saturated heterocycles. The van der Waals surface area contributed by atoms with Crippen molar-refractivity contribution in [3.8, 4) is 11.5 Å². The largest absolute Gasteiger partial charge is 0.497 e. The van der Waals surface area contributed by atoms with E-state index in [1.165, 1.54) is 15.3 Å². The first-order chi connectivity index (χ1) is 23.6. The number of benzene rings is 3. The molecule has 2 aliphatic heterocycles. The lowest BCUT2D eigenvalue weighted by atomic mass is 10.1. The smallest absolute Gasteiger partial charge is 0.410 e. The number of azo groups is 1. The predicted molar refractivity (Wildman–Crippen MR) is 196 cm³/mol. The van der Waals surface area contributed by atoms with Crippen molar-refractivity contribution in [3.63, 3.8) is 0 Å². The Morgan fingerprint density at radius 1 is 0.880 bits per heavy atom. The number of nitrogens with zero attached hydrogens (tertiary/aromatic N) is 5. The van der Waals surface area contributed by atoms with Gasteiger partial charge < -0.3 is 19.1 Å². The highest BCUT2D eigenvalue weighted by Gasteiger charge is 2.41. The van der Waals surface area contributed by atoms with Crippen LogP contribution in [0.4, 0.5) is 4.79 Å². The van der Waals surface area contributed by atoms with E-state index in [1.807, 2.05) is 22.6 Å². The highest BCUT2D eigenvalue weighted by Crippen LogP contribution is 2.37. The molecular weight excluding hydrogens is 797 g/mol. The van der Waals surface area contributed by atoms with E-state index < -0.39 is 41.7 Å². The molecule has 16 heteroatoms. The molecule has 0 aliphatic carbocycles. The number of carbonyl (C=O) groups is 1. The summed E-state index contributed by atoms with van der Waals surface area (Å²) < 4.78 is 77.2. The highest BCUT2D eigenvalue weighted by atomic mass is 127. The first-order valence-corrected chi connectivity index (χ1v) is 19.9. The van der Waals surface area contributed by atoms with Crippen LogP contribution in [0.1, 0.15) is 50.3 Å². The molecular formula is C34H40IN5O8S2. The molecule has 0 atom stereocenters. The maximum absolute atomic E-state index is 15.2. The second-order valence-electron chi connectivity index (χ2n) is 12.8. The quantitative estimate of drug-likeness (QED) is 0.212. The van der Waals surface area contributed by atoms with E-state index in [1.54, 1.807) is 89.6 Å². The van der Waals surface area contributed by atoms with E-state index in [0.717, 1.165) is 0 Å². The molecule has 3 aromatic rings. The molecule has 3 aromatic carbocycles. The average Bonchev–Trinajstić information content (AvgIpc) is 3.62. The van der Waals surface area contributed by atoms with Crippen molar-refractivity contribution < 1.29 is 35.8 Å². The number of ether oxygens (including phenoxy) is 3. The Balaban J connectivity index is 1.61. The van der Waals surface area contributed by atoms with Gasteiger partial charge in [-0.3, -0.25) is 0 Å². The van der Waals surface area contributed by atoms with E-state index in [4.69, 9.17) is 14.2 Å². The third-order valence-electron chi connectivity index (χ3n) is 8.22. The SMILES string of the molecule is COc1ccc(CN(Cc2ccc(OC)cc2)S(=O)(=O)c2c(S(=O)(=O)C3CCN(C(=O)OC(C)(C)C)CC3)ccc(I)c2C2=NCN=N2)cc1. The highest BCUT2D eigenvalue weighted by molar-refractivity contribution is 14.1. The first-order valence-electron chi connectivity index (χ1n) is 15.9. The summed E-state index contributed by atoms with van der Waals surface area (Å²) in [5.74, 6) is 1.25. The van der Waals surface area contributed by atoms with Crippen molar-refractivity contribution >= 4 is 54.4 Å². The van der Waals surface area contributed by atoms with Crippen LogP contribution in [0.2, 0.25) is 0 Å². The third kappa shape index (κ3) is 8.46. The molecule has 5 rings (SSSR count).